The number of amides is 1. The number of ether oxygens (including phenoxy) is 1. The van der Waals surface area contributed by atoms with Crippen LogP contribution in [0, 0.1) is 5.92 Å². The van der Waals surface area contributed by atoms with Crippen LogP contribution in [0.25, 0.3) is 0 Å². The van der Waals surface area contributed by atoms with Crippen molar-refractivity contribution < 1.29 is 19.4 Å². The van der Waals surface area contributed by atoms with Gasteiger partial charge in [-0.3, -0.25) is 9.59 Å². The van der Waals surface area contributed by atoms with Gasteiger partial charge in [-0.05, 0) is 39.0 Å². The van der Waals surface area contributed by atoms with Crippen LogP contribution >= 0.6 is 0 Å². The summed E-state index contributed by atoms with van der Waals surface area (Å²) in [5, 5.41) is 11.4. The highest BCUT2D eigenvalue weighted by Crippen LogP contribution is 2.28. The lowest BCUT2D eigenvalue weighted by molar-refractivity contribution is -0.138. The number of carboxylic acids is 1. The molecule has 0 aliphatic heterocycles. The Bertz CT molecular complexity index is 284. The zero-order valence-corrected chi connectivity index (χ0v) is 10.5. The van der Waals surface area contributed by atoms with Crippen molar-refractivity contribution in [2.75, 3.05) is 13.2 Å². The van der Waals surface area contributed by atoms with E-state index in [-0.39, 0.29) is 18.9 Å². The van der Waals surface area contributed by atoms with E-state index in [1.165, 1.54) is 12.8 Å². The molecular formula is C12H21NO4. The van der Waals surface area contributed by atoms with E-state index in [4.69, 9.17) is 9.84 Å². The summed E-state index contributed by atoms with van der Waals surface area (Å²) in [4.78, 5) is 22.0. The summed E-state index contributed by atoms with van der Waals surface area (Å²) < 4.78 is 5.26. The van der Waals surface area contributed by atoms with Gasteiger partial charge in [-0.1, -0.05) is 0 Å². The molecular weight excluding hydrogens is 222 g/mol. The highest BCUT2D eigenvalue weighted by atomic mass is 16.5. The van der Waals surface area contributed by atoms with E-state index in [2.05, 4.69) is 5.32 Å². The van der Waals surface area contributed by atoms with Crippen molar-refractivity contribution in [3.63, 3.8) is 0 Å². The average molecular weight is 243 g/mol. The van der Waals surface area contributed by atoms with Crippen molar-refractivity contribution in [3.05, 3.63) is 0 Å². The predicted molar refractivity (Wildman–Crippen MR) is 62.6 cm³/mol. The molecule has 0 spiro atoms. The maximum absolute atomic E-state index is 11.5. The number of aliphatic carboxylic acids is 1. The Morgan fingerprint density at radius 3 is 2.59 bits per heavy atom. The third-order valence-electron chi connectivity index (χ3n) is 2.73. The Hall–Kier alpha value is -1.10. The number of hydrogen-bond donors (Lipinski definition) is 2. The van der Waals surface area contributed by atoms with Crippen molar-refractivity contribution in [2.45, 2.75) is 45.1 Å². The predicted octanol–water partition coefficient (Wildman–Crippen LogP) is 1.17. The summed E-state index contributed by atoms with van der Waals surface area (Å²) in [6, 6.07) is 0. The molecule has 0 aromatic carbocycles. The van der Waals surface area contributed by atoms with Crippen molar-refractivity contribution in [1.82, 2.24) is 5.32 Å². The van der Waals surface area contributed by atoms with E-state index >= 15 is 0 Å². The van der Waals surface area contributed by atoms with Gasteiger partial charge in [-0.15, -0.1) is 0 Å². The summed E-state index contributed by atoms with van der Waals surface area (Å²) in [5.41, 5.74) is -0.502. The number of rotatable bonds is 8. The van der Waals surface area contributed by atoms with Crippen LogP contribution in [0.15, 0.2) is 0 Å². The minimum atomic E-state index is -0.850. The molecule has 1 amide bonds. The Morgan fingerprint density at radius 1 is 1.41 bits per heavy atom. The third-order valence-corrected chi connectivity index (χ3v) is 2.73. The molecule has 5 heteroatoms. The van der Waals surface area contributed by atoms with Gasteiger partial charge in [0.25, 0.3) is 0 Å². The fraction of sp³-hybridized carbons (Fsp3) is 0.833. The molecule has 0 saturated heterocycles. The molecule has 1 aliphatic rings. The number of carboxylic acid groups (broad SMARTS) is 1. The quantitative estimate of drug-likeness (QED) is 0.671. The van der Waals surface area contributed by atoms with Gasteiger partial charge in [0.1, 0.15) is 6.61 Å². The molecule has 17 heavy (non-hydrogen) atoms. The van der Waals surface area contributed by atoms with Gasteiger partial charge in [0.15, 0.2) is 0 Å². The molecule has 1 aliphatic carbocycles. The summed E-state index contributed by atoms with van der Waals surface area (Å²) in [7, 11) is 0. The van der Waals surface area contributed by atoms with Crippen LogP contribution in [0.5, 0.6) is 0 Å². The number of carbonyl (C=O) groups is 2. The maximum atomic E-state index is 11.5. The minimum Gasteiger partial charge on any atom is -0.481 e. The molecule has 0 bridgehead atoms. The highest BCUT2D eigenvalue weighted by molar-refractivity contribution is 5.78. The molecule has 0 heterocycles. The smallest absolute Gasteiger partial charge is 0.303 e. The van der Waals surface area contributed by atoms with Crippen molar-refractivity contribution >= 4 is 11.9 Å². The number of carbonyl (C=O) groups excluding carboxylic acids is 1. The van der Waals surface area contributed by atoms with Crippen LogP contribution in [0.3, 0.4) is 0 Å². The van der Waals surface area contributed by atoms with Crippen molar-refractivity contribution in [2.24, 2.45) is 5.92 Å². The molecule has 98 valence electrons. The van der Waals surface area contributed by atoms with E-state index in [0.717, 1.165) is 0 Å². The van der Waals surface area contributed by atoms with E-state index in [0.29, 0.717) is 18.9 Å². The first-order chi connectivity index (χ1) is 7.89. The van der Waals surface area contributed by atoms with E-state index < -0.39 is 11.5 Å². The fourth-order valence-corrected chi connectivity index (χ4v) is 1.50. The van der Waals surface area contributed by atoms with Crippen molar-refractivity contribution in [3.8, 4) is 0 Å². The second-order valence-corrected chi connectivity index (χ2v) is 5.28. The summed E-state index contributed by atoms with van der Waals surface area (Å²) in [6.45, 7) is 4.35. The summed E-state index contributed by atoms with van der Waals surface area (Å²) in [5.74, 6) is -0.388. The Labute approximate surface area is 102 Å². The fourth-order valence-electron chi connectivity index (χ4n) is 1.50. The highest BCUT2D eigenvalue weighted by Gasteiger charge is 2.23. The average Bonchev–Trinajstić information content (AvgIpc) is 2.98. The summed E-state index contributed by atoms with van der Waals surface area (Å²) in [6.07, 6.45) is 2.87. The minimum absolute atomic E-state index is 0.0518. The van der Waals surface area contributed by atoms with E-state index in [1.54, 1.807) is 0 Å². The summed E-state index contributed by atoms with van der Waals surface area (Å²) >= 11 is 0. The lowest BCUT2D eigenvalue weighted by Gasteiger charge is -2.25. The van der Waals surface area contributed by atoms with Gasteiger partial charge in [0.2, 0.25) is 5.91 Å². The lowest BCUT2D eigenvalue weighted by Crippen LogP contribution is -2.45. The molecule has 0 atom stereocenters. The maximum Gasteiger partial charge on any atom is 0.303 e. The number of nitrogens with one attached hydrogen (secondary N) is 1. The first-order valence-corrected chi connectivity index (χ1v) is 5.99. The zero-order valence-electron chi connectivity index (χ0n) is 10.5. The normalized spacial score (nSPS) is 15.6. The van der Waals surface area contributed by atoms with Crippen LogP contribution in [-0.4, -0.2) is 35.7 Å². The Morgan fingerprint density at radius 2 is 2.06 bits per heavy atom. The molecule has 5 nitrogen and oxygen atoms in total. The lowest BCUT2D eigenvalue weighted by atomic mass is 9.98. The zero-order chi connectivity index (χ0) is 12.9. The topological polar surface area (TPSA) is 75.6 Å². The largest absolute Gasteiger partial charge is 0.481 e. The van der Waals surface area contributed by atoms with Crippen LogP contribution in [0.4, 0.5) is 0 Å². The molecule has 2 N–H and O–H groups in total. The molecule has 1 fully saturated rings. The van der Waals surface area contributed by atoms with Gasteiger partial charge in [-0.2, -0.15) is 0 Å². The second kappa shape index (κ2) is 6.00. The van der Waals surface area contributed by atoms with Gasteiger partial charge in [0, 0.05) is 12.0 Å². The first kappa shape index (κ1) is 14.0. The van der Waals surface area contributed by atoms with Gasteiger partial charge in [-0.25, -0.2) is 0 Å². The van der Waals surface area contributed by atoms with Gasteiger partial charge >= 0.3 is 5.97 Å². The van der Waals surface area contributed by atoms with E-state index in [1.807, 2.05) is 13.8 Å². The standard InChI is InChI=1S/C12H21NO4/c1-12(2,6-5-11(15)16)13-10(14)8-17-7-9-3-4-9/h9H,3-8H2,1-2H3,(H,13,14)(H,15,16). The molecule has 0 unspecified atom stereocenters. The van der Waals surface area contributed by atoms with Crippen molar-refractivity contribution in [1.29, 1.82) is 0 Å². The van der Waals surface area contributed by atoms with Gasteiger partial charge in [0.05, 0.1) is 6.61 Å². The Balaban J connectivity index is 2.15. The molecule has 0 radical (unpaired) electrons. The molecule has 0 aromatic rings. The van der Waals surface area contributed by atoms with Crippen LogP contribution in [-0.2, 0) is 14.3 Å². The molecule has 0 aromatic heterocycles. The monoisotopic (exact) mass is 243 g/mol. The molecule has 1 rings (SSSR count). The SMILES string of the molecule is CC(C)(CCC(=O)O)NC(=O)COCC1CC1. The number of hydrogen-bond acceptors (Lipinski definition) is 3. The van der Waals surface area contributed by atoms with Gasteiger partial charge < -0.3 is 15.2 Å². The molecule has 1 saturated carbocycles. The third kappa shape index (κ3) is 6.94. The Kier molecular flexibility index (Phi) is 4.93. The van der Waals surface area contributed by atoms with Crippen LogP contribution < -0.4 is 5.32 Å². The van der Waals surface area contributed by atoms with Crippen LogP contribution in [0.2, 0.25) is 0 Å². The second-order valence-electron chi connectivity index (χ2n) is 5.28. The van der Waals surface area contributed by atoms with Crippen LogP contribution in [0.1, 0.15) is 39.5 Å². The van der Waals surface area contributed by atoms with E-state index in [9.17, 15) is 9.59 Å². The first-order valence-electron chi connectivity index (χ1n) is 5.99.